The molecule has 9 nitrogen and oxygen atoms in total. The Morgan fingerprint density at radius 2 is 1.71 bits per heavy atom. The first-order valence-electron chi connectivity index (χ1n) is 12.2. The number of benzene rings is 1. The Kier molecular flexibility index (Phi) is 8.64. The van der Waals surface area contributed by atoms with Gasteiger partial charge in [-0.05, 0) is 63.1 Å². The van der Waals surface area contributed by atoms with Gasteiger partial charge in [-0.1, -0.05) is 12.1 Å². The predicted octanol–water partition coefficient (Wildman–Crippen LogP) is 2.62. The van der Waals surface area contributed by atoms with Crippen molar-refractivity contribution in [3.8, 4) is 5.75 Å². The molecule has 2 aliphatic heterocycles. The van der Waals surface area contributed by atoms with E-state index in [1.54, 1.807) is 12.0 Å². The van der Waals surface area contributed by atoms with Gasteiger partial charge >= 0.3 is 12.0 Å². The fraction of sp³-hybridized carbons (Fsp3) is 0.654. The SMILES string of the molecule is COC(=O)C(COC(C)(C)C)NC(=O)N1CCC2(CCN(C(=O)Cc3cccc(OC)c3)CC2)C1. The summed E-state index contributed by atoms with van der Waals surface area (Å²) in [4.78, 5) is 41.6. The minimum absolute atomic E-state index is 0.00671. The first kappa shape index (κ1) is 26.8. The third-order valence-electron chi connectivity index (χ3n) is 6.86. The Hall–Kier alpha value is -2.81. The van der Waals surface area contributed by atoms with E-state index < -0.39 is 17.6 Å². The van der Waals surface area contributed by atoms with Crippen molar-refractivity contribution in [1.82, 2.24) is 15.1 Å². The van der Waals surface area contributed by atoms with Crippen LogP contribution in [0.25, 0.3) is 0 Å². The van der Waals surface area contributed by atoms with Crippen molar-refractivity contribution >= 4 is 17.9 Å². The molecule has 0 bridgehead atoms. The molecule has 0 radical (unpaired) electrons. The van der Waals surface area contributed by atoms with E-state index in [9.17, 15) is 14.4 Å². The van der Waals surface area contributed by atoms with Crippen molar-refractivity contribution in [3.63, 3.8) is 0 Å². The molecular weight excluding hydrogens is 450 g/mol. The highest BCUT2D eigenvalue weighted by molar-refractivity contribution is 5.84. The zero-order valence-corrected chi connectivity index (χ0v) is 21.6. The quantitative estimate of drug-likeness (QED) is 0.592. The zero-order valence-electron chi connectivity index (χ0n) is 21.6. The number of rotatable bonds is 7. The van der Waals surface area contributed by atoms with Crippen molar-refractivity contribution in [2.45, 2.75) is 58.1 Å². The fourth-order valence-corrected chi connectivity index (χ4v) is 4.70. The molecule has 3 rings (SSSR count). The predicted molar refractivity (Wildman–Crippen MR) is 131 cm³/mol. The maximum absolute atomic E-state index is 12.9. The highest BCUT2D eigenvalue weighted by Crippen LogP contribution is 2.40. The number of esters is 1. The van der Waals surface area contributed by atoms with E-state index in [1.165, 1.54) is 7.11 Å². The van der Waals surface area contributed by atoms with E-state index in [1.807, 2.05) is 49.9 Å². The molecule has 0 aromatic heterocycles. The summed E-state index contributed by atoms with van der Waals surface area (Å²) in [6.45, 7) is 8.32. The standard InChI is InChI=1S/C26H39N3O6/c1-25(2,3)35-17-21(23(31)34-5)27-24(32)29-14-11-26(18-29)9-12-28(13-10-26)22(30)16-19-7-6-8-20(15-19)33-4/h6-8,15,21H,9-14,16-18H2,1-5H3,(H,27,32). The number of piperidine rings is 1. The van der Waals surface area contributed by atoms with Gasteiger partial charge in [-0.2, -0.15) is 0 Å². The summed E-state index contributed by atoms with van der Waals surface area (Å²) in [5, 5.41) is 2.78. The Balaban J connectivity index is 1.51. The van der Waals surface area contributed by atoms with Gasteiger partial charge in [-0.25, -0.2) is 9.59 Å². The lowest BCUT2D eigenvalue weighted by Gasteiger charge is -2.39. The summed E-state index contributed by atoms with van der Waals surface area (Å²) < 4.78 is 15.8. The van der Waals surface area contributed by atoms with Crippen LogP contribution in [0.15, 0.2) is 24.3 Å². The molecule has 0 aliphatic carbocycles. The van der Waals surface area contributed by atoms with E-state index in [0.717, 1.165) is 30.6 Å². The molecule has 1 aromatic rings. The van der Waals surface area contributed by atoms with Crippen molar-refractivity contribution in [3.05, 3.63) is 29.8 Å². The third kappa shape index (κ3) is 7.34. The monoisotopic (exact) mass is 489 g/mol. The average molecular weight is 490 g/mol. The number of carbonyl (C=O) groups is 3. The van der Waals surface area contributed by atoms with Gasteiger partial charge in [0.15, 0.2) is 6.04 Å². The topological polar surface area (TPSA) is 97.4 Å². The Morgan fingerprint density at radius 1 is 1.06 bits per heavy atom. The molecule has 1 unspecified atom stereocenters. The molecule has 3 amide bonds. The Morgan fingerprint density at radius 3 is 2.31 bits per heavy atom. The van der Waals surface area contributed by atoms with Crippen LogP contribution in [0, 0.1) is 5.41 Å². The fourth-order valence-electron chi connectivity index (χ4n) is 4.70. The molecule has 1 N–H and O–H groups in total. The van der Waals surface area contributed by atoms with Gasteiger partial charge in [0.1, 0.15) is 5.75 Å². The second-order valence-corrected chi connectivity index (χ2v) is 10.5. The number of methoxy groups -OCH3 is 2. The lowest BCUT2D eigenvalue weighted by Crippen LogP contribution is -2.51. The number of amides is 3. The molecule has 35 heavy (non-hydrogen) atoms. The van der Waals surface area contributed by atoms with Crippen LogP contribution >= 0.6 is 0 Å². The number of ether oxygens (including phenoxy) is 3. The summed E-state index contributed by atoms with van der Waals surface area (Å²) >= 11 is 0. The van der Waals surface area contributed by atoms with Crippen LogP contribution in [-0.2, 0) is 25.5 Å². The molecule has 1 spiro atoms. The van der Waals surface area contributed by atoms with Crippen molar-refractivity contribution < 1.29 is 28.6 Å². The molecule has 2 heterocycles. The first-order valence-corrected chi connectivity index (χ1v) is 12.2. The van der Waals surface area contributed by atoms with Gasteiger partial charge in [-0.3, -0.25) is 4.79 Å². The molecule has 9 heteroatoms. The van der Waals surface area contributed by atoms with Crippen LogP contribution in [-0.4, -0.2) is 86.4 Å². The minimum atomic E-state index is -0.862. The lowest BCUT2D eigenvalue weighted by molar-refractivity contribution is -0.146. The Labute approximate surface area is 208 Å². The third-order valence-corrected chi connectivity index (χ3v) is 6.86. The van der Waals surface area contributed by atoms with Gasteiger partial charge in [0.2, 0.25) is 5.91 Å². The largest absolute Gasteiger partial charge is 0.497 e. The summed E-state index contributed by atoms with van der Waals surface area (Å²) in [5.41, 5.74) is 0.508. The summed E-state index contributed by atoms with van der Waals surface area (Å²) in [7, 11) is 2.91. The smallest absolute Gasteiger partial charge is 0.330 e. The number of nitrogens with one attached hydrogen (secondary N) is 1. The van der Waals surface area contributed by atoms with Gasteiger partial charge in [0.25, 0.3) is 0 Å². The normalized spacial score (nSPS) is 18.3. The number of urea groups is 1. The molecule has 2 fully saturated rings. The Bertz CT molecular complexity index is 905. The summed E-state index contributed by atoms with van der Waals surface area (Å²) in [6.07, 6.45) is 2.95. The van der Waals surface area contributed by atoms with E-state index >= 15 is 0 Å². The molecule has 1 aromatic carbocycles. The first-order chi connectivity index (χ1) is 16.5. The number of likely N-dealkylation sites (tertiary alicyclic amines) is 2. The van der Waals surface area contributed by atoms with Gasteiger partial charge in [0, 0.05) is 26.2 Å². The van der Waals surface area contributed by atoms with Crippen LogP contribution in [0.1, 0.15) is 45.6 Å². The molecular formula is C26H39N3O6. The van der Waals surface area contributed by atoms with Crippen molar-refractivity contribution in [2.75, 3.05) is 47.0 Å². The maximum Gasteiger partial charge on any atom is 0.330 e. The molecule has 0 saturated carbocycles. The zero-order chi connectivity index (χ0) is 25.6. The average Bonchev–Trinajstić information content (AvgIpc) is 3.24. The minimum Gasteiger partial charge on any atom is -0.497 e. The van der Waals surface area contributed by atoms with Gasteiger partial charge in [-0.15, -0.1) is 0 Å². The summed E-state index contributed by atoms with van der Waals surface area (Å²) in [5.74, 6) is 0.330. The molecule has 2 saturated heterocycles. The van der Waals surface area contributed by atoms with Crippen molar-refractivity contribution in [2.24, 2.45) is 5.41 Å². The molecule has 1 atom stereocenters. The van der Waals surface area contributed by atoms with Crippen LogP contribution in [0.2, 0.25) is 0 Å². The number of carbonyl (C=O) groups excluding carboxylic acids is 3. The second-order valence-electron chi connectivity index (χ2n) is 10.5. The van der Waals surface area contributed by atoms with E-state index in [0.29, 0.717) is 32.6 Å². The maximum atomic E-state index is 12.9. The van der Waals surface area contributed by atoms with Crippen LogP contribution < -0.4 is 10.1 Å². The highest BCUT2D eigenvalue weighted by atomic mass is 16.5. The van der Waals surface area contributed by atoms with Gasteiger partial charge < -0.3 is 29.3 Å². The van der Waals surface area contributed by atoms with Crippen LogP contribution in [0.3, 0.4) is 0 Å². The van der Waals surface area contributed by atoms with Crippen molar-refractivity contribution in [1.29, 1.82) is 0 Å². The number of hydrogen-bond donors (Lipinski definition) is 1. The second kappa shape index (κ2) is 11.3. The highest BCUT2D eigenvalue weighted by Gasteiger charge is 2.43. The van der Waals surface area contributed by atoms with Gasteiger partial charge in [0.05, 0.1) is 32.8 Å². The summed E-state index contributed by atoms with van der Waals surface area (Å²) in [6, 6.07) is 6.44. The number of nitrogens with zero attached hydrogens (tertiary/aromatic N) is 2. The van der Waals surface area contributed by atoms with E-state index in [2.05, 4.69) is 5.32 Å². The molecule has 2 aliphatic rings. The van der Waals surface area contributed by atoms with Crippen LogP contribution in [0.5, 0.6) is 5.75 Å². The van der Waals surface area contributed by atoms with Crippen LogP contribution in [0.4, 0.5) is 4.79 Å². The lowest BCUT2D eigenvalue weighted by atomic mass is 9.77. The molecule has 194 valence electrons. The van der Waals surface area contributed by atoms with E-state index in [4.69, 9.17) is 14.2 Å². The van der Waals surface area contributed by atoms with E-state index in [-0.39, 0.29) is 24.0 Å². The number of hydrogen-bond acceptors (Lipinski definition) is 6.